The van der Waals surface area contributed by atoms with E-state index in [0.717, 1.165) is 35.8 Å². The highest BCUT2D eigenvalue weighted by atomic mass is 79.9. The van der Waals surface area contributed by atoms with Crippen molar-refractivity contribution >= 4 is 22.2 Å². The lowest BCUT2D eigenvalue weighted by Crippen LogP contribution is -2.03. The first kappa shape index (κ1) is 11.4. The van der Waals surface area contributed by atoms with Crippen molar-refractivity contribution in [2.24, 2.45) is 0 Å². The molecule has 1 aromatic rings. The molecule has 14 heavy (non-hydrogen) atoms. The molecule has 0 fully saturated rings. The van der Waals surface area contributed by atoms with E-state index in [2.05, 4.69) is 28.0 Å². The normalized spacial score (nSPS) is 10.5. The van der Waals surface area contributed by atoms with Crippen molar-refractivity contribution in [3.05, 3.63) is 15.9 Å². The predicted octanol–water partition coefficient (Wildman–Crippen LogP) is 2.50. The molecule has 0 atom stereocenters. The minimum atomic E-state index is 0.625. The van der Waals surface area contributed by atoms with E-state index in [4.69, 9.17) is 0 Å². The first-order chi connectivity index (χ1) is 6.70. The van der Waals surface area contributed by atoms with E-state index in [-0.39, 0.29) is 0 Å². The molecule has 0 spiro atoms. The molecule has 1 heterocycles. The lowest BCUT2D eigenvalue weighted by molar-refractivity contribution is -0.107. The molecule has 0 N–H and O–H groups in total. The highest BCUT2D eigenvalue weighted by molar-refractivity contribution is 9.10. The monoisotopic (exact) mass is 258 g/mol. The van der Waals surface area contributed by atoms with Crippen molar-refractivity contribution in [2.75, 3.05) is 0 Å². The van der Waals surface area contributed by atoms with Gasteiger partial charge in [0.2, 0.25) is 0 Å². The molecule has 0 saturated heterocycles. The fourth-order valence-corrected chi connectivity index (χ4v) is 1.94. The van der Waals surface area contributed by atoms with E-state index >= 15 is 0 Å². The van der Waals surface area contributed by atoms with Gasteiger partial charge in [-0.05, 0) is 42.6 Å². The zero-order valence-corrected chi connectivity index (χ0v) is 10.2. The summed E-state index contributed by atoms with van der Waals surface area (Å²) in [5, 5.41) is 4.39. The van der Waals surface area contributed by atoms with Gasteiger partial charge in [0.15, 0.2) is 0 Å². The molecule has 0 aliphatic heterocycles. The smallest absolute Gasteiger partial charge is 0.120 e. The number of carbonyl (C=O) groups is 1. The van der Waals surface area contributed by atoms with Crippen LogP contribution in [-0.4, -0.2) is 16.1 Å². The summed E-state index contributed by atoms with van der Waals surface area (Å²) in [6, 6.07) is 0. The first-order valence-electron chi connectivity index (χ1n) is 4.86. The Kier molecular flexibility index (Phi) is 4.32. The Labute approximate surface area is 92.6 Å². The minimum absolute atomic E-state index is 0.625. The quantitative estimate of drug-likeness (QED) is 0.601. The molecule has 4 heteroatoms. The Balaban J connectivity index is 2.77. The summed E-state index contributed by atoms with van der Waals surface area (Å²) in [6.07, 6.45) is 3.40. The Bertz CT molecular complexity index is 320. The molecule has 0 aliphatic rings. The Morgan fingerprint density at radius 2 is 2.29 bits per heavy atom. The number of halogens is 1. The Morgan fingerprint density at radius 1 is 1.57 bits per heavy atom. The SMILES string of the molecule is CCn1nc(C)c(Br)c1CCCC=O. The molecule has 0 amide bonds. The van der Waals surface area contributed by atoms with Crippen LogP contribution in [0.5, 0.6) is 0 Å². The van der Waals surface area contributed by atoms with E-state index in [1.54, 1.807) is 0 Å². The van der Waals surface area contributed by atoms with Crippen LogP contribution in [0.3, 0.4) is 0 Å². The fourth-order valence-electron chi connectivity index (χ4n) is 1.46. The van der Waals surface area contributed by atoms with Crippen molar-refractivity contribution in [2.45, 2.75) is 39.7 Å². The van der Waals surface area contributed by atoms with Crippen LogP contribution in [0.25, 0.3) is 0 Å². The number of unbranched alkanes of at least 4 members (excludes halogenated alkanes) is 1. The van der Waals surface area contributed by atoms with Gasteiger partial charge in [0.25, 0.3) is 0 Å². The molecule has 0 saturated carbocycles. The maximum absolute atomic E-state index is 10.2. The van der Waals surface area contributed by atoms with Gasteiger partial charge in [0.1, 0.15) is 6.29 Å². The molecule has 0 radical (unpaired) electrons. The van der Waals surface area contributed by atoms with Crippen LogP contribution in [0, 0.1) is 6.92 Å². The minimum Gasteiger partial charge on any atom is -0.303 e. The zero-order chi connectivity index (χ0) is 10.6. The van der Waals surface area contributed by atoms with E-state index < -0.39 is 0 Å². The molecule has 0 unspecified atom stereocenters. The van der Waals surface area contributed by atoms with Crippen molar-refractivity contribution in [1.29, 1.82) is 0 Å². The Hall–Kier alpha value is -0.640. The van der Waals surface area contributed by atoms with Crippen molar-refractivity contribution in [3.8, 4) is 0 Å². The average molecular weight is 259 g/mol. The van der Waals surface area contributed by atoms with Gasteiger partial charge in [-0.25, -0.2) is 0 Å². The van der Waals surface area contributed by atoms with Gasteiger partial charge in [-0.15, -0.1) is 0 Å². The molecule has 0 aromatic carbocycles. The van der Waals surface area contributed by atoms with Crippen LogP contribution in [0.4, 0.5) is 0 Å². The van der Waals surface area contributed by atoms with Crippen LogP contribution >= 0.6 is 15.9 Å². The highest BCUT2D eigenvalue weighted by Crippen LogP contribution is 2.22. The number of hydrogen-bond donors (Lipinski definition) is 0. The van der Waals surface area contributed by atoms with Crippen LogP contribution in [-0.2, 0) is 17.8 Å². The van der Waals surface area contributed by atoms with E-state index in [0.29, 0.717) is 6.42 Å². The van der Waals surface area contributed by atoms with Crippen molar-refractivity contribution in [3.63, 3.8) is 0 Å². The number of aromatic nitrogens is 2. The van der Waals surface area contributed by atoms with Crippen LogP contribution in [0.1, 0.15) is 31.2 Å². The molecule has 3 nitrogen and oxygen atoms in total. The lowest BCUT2D eigenvalue weighted by Gasteiger charge is -2.03. The summed E-state index contributed by atoms with van der Waals surface area (Å²) in [7, 11) is 0. The van der Waals surface area contributed by atoms with Crippen LogP contribution in [0.15, 0.2) is 4.47 Å². The standard InChI is InChI=1S/C10H15BrN2O/c1-3-13-9(6-4-5-7-14)10(11)8(2)12-13/h7H,3-6H2,1-2H3. The second kappa shape index (κ2) is 5.29. The predicted molar refractivity (Wildman–Crippen MR) is 59.3 cm³/mol. The van der Waals surface area contributed by atoms with Gasteiger partial charge >= 0.3 is 0 Å². The van der Waals surface area contributed by atoms with Gasteiger partial charge in [-0.1, -0.05) is 0 Å². The number of hydrogen-bond acceptors (Lipinski definition) is 2. The summed E-state index contributed by atoms with van der Waals surface area (Å²) in [6.45, 7) is 4.93. The summed E-state index contributed by atoms with van der Waals surface area (Å²) in [4.78, 5) is 10.2. The first-order valence-corrected chi connectivity index (χ1v) is 5.65. The van der Waals surface area contributed by atoms with Crippen LogP contribution in [0.2, 0.25) is 0 Å². The van der Waals surface area contributed by atoms with Gasteiger partial charge in [-0.2, -0.15) is 5.10 Å². The van der Waals surface area contributed by atoms with Gasteiger partial charge in [0.05, 0.1) is 15.9 Å². The summed E-state index contributed by atoms with van der Waals surface area (Å²) >= 11 is 3.52. The maximum Gasteiger partial charge on any atom is 0.120 e. The average Bonchev–Trinajstić information content (AvgIpc) is 2.45. The third-order valence-corrected chi connectivity index (χ3v) is 3.22. The molecule has 1 rings (SSSR count). The number of rotatable bonds is 5. The largest absolute Gasteiger partial charge is 0.303 e. The third kappa shape index (κ3) is 2.44. The summed E-state index contributed by atoms with van der Waals surface area (Å²) < 4.78 is 3.08. The van der Waals surface area contributed by atoms with E-state index in [1.807, 2.05) is 11.6 Å². The zero-order valence-electron chi connectivity index (χ0n) is 8.59. The highest BCUT2D eigenvalue weighted by Gasteiger charge is 2.10. The molecule has 0 bridgehead atoms. The second-order valence-corrected chi connectivity index (χ2v) is 4.01. The maximum atomic E-state index is 10.2. The summed E-state index contributed by atoms with van der Waals surface area (Å²) in [5.41, 5.74) is 2.22. The molecular weight excluding hydrogens is 244 g/mol. The van der Waals surface area contributed by atoms with E-state index in [9.17, 15) is 4.79 Å². The van der Waals surface area contributed by atoms with Gasteiger partial charge in [-0.3, -0.25) is 4.68 Å². The number of aldehydes is 1. The number of nitrogens with zero attached hydrogens (tertiary/aromatic N) is 2. The van der Waals surface area contributed by atoms with Gasteiger partial charge < -0.3 is 4.79 Å². The number of aryl methyl sites for hydroxylation is 2. The van der Waals surface area contributed by atoms with Crippen molar-refractivity contribution in [1.82, 2.24) is 9.78 Å². The summed E-state index contributed by atoms with van der Waals surface area (Å²) in [5.74, 6) is 0. The molecular formula is C10H15BrN2O. The second-order valence-electron chi connectivity index (χ2n) is 3.22. The lowest BCUT2D eigenvalue weighted by atomic mass is 10.2. The number of carbonyl (C=O) groups excluding carboxylic acids is 1. The van der Waals surface area contributed by atoms with E-state index in [1.165, 1.54) is 5.69 Å². The van der Waals surface area contributed by atoms with Crippen molar-refractivity contribution < 1.29 is 4.79 Å². The molecule has 78 valence electrons. The van der Waals surface area contributed by atoms with Crippen LogP contribution < -0.4 is 0 Å². The Morgan fingerprint density at radius 3 is 2.86 bits per heavy atom. The van der Waals surface area contributed by atoms with Gasteiger partial charge in [0, 0.05) is 13.0 Å². The topological polar surface area (TPSA) is 34.9 Å². The fraction of sp³-hybridized carbons (Fsp3) is 0.600. The third-order valence-electron chi connectivity index (χ3n) is 2.19. The molecule has 1 aromatic heterocycles. The molecule has 0 aliphatic carbocycles.